The zero-order valence-electron chi connectivity index (χ0n) is 3.02. The number of allylic oxidation sites excluding steroid dienone is 4. The molecule has 0 unspecified atom stereocenters. The Morgan fingerprint density at radius 3 is 1.67 bits per heavy atom. The Labute approximate surface area is 50.1 Å². The molecule has 1 aliphatic rings. The third-order valence-electron chi connectivity index (χ3n) is 0.655. The Kier molecular flexibility index (Phi) is 3.32. The van der Waals surface area contributed by atoms with Gasteiger partial charge in [-0.15, -0.1) is 0 Å². The first kappa shape index (κ1) is 6.08. The van der Waals surface area contributed by atoms with Crippen molar-refractivity contribution in [2.75, 3.05) is 0 Å². The number of hydrogen-bond donors (Lipinski definition) is 0. The zero-order valence-corrected chi connectivity index (χ0v) is 3.02. The third kappa shape index (κ3) is 1.50. The Balaban J connectivity index is 0.000000250. The summed E-state index contributed by atoms with van der Waals surface area (Å²) in [5, 5.41) is 0. The van der Waals surface area contributed by atoms with Crippen molar-refractivity contribution in [1.29, 1.82) is 0 Å². The maximum atomic E-state index is 2.12. The quantitative estimate of drug-likeness (QED) is 0.374. The van der Waals surface area contributed by atoms with Crippen molar-refractivity contribution in [2.45, 2.75) is 6.42 Å². The fourth-order valence-electron chi connectivity index (χ4n) is 0.393. The van der Waals surface area contributed by atoms with Gasteiger partial charge < -0.3 is 0 Å². The van der Waals surface area contributed by atoms with E-state index >= 15 is 0 Å². The van der Waals surface area contributed by atoms with E-state index in [1.807, 2.05) is 0 Å². The van der Waals surface area contributed by atoms with Crippen LogP contribution in [0, 0.1) is 0 Å². The summed E-state index contributed by atoms with van der Waals surface area (Å²) in [6.45, 7) is 0. The average Bonchev–Trinajstić information content (AvgIpc) is 1.76. The van der Waals surface area contributed by atoms with Crippen molar-refractivity contribution in [3.63, 3.8) is 0 Å². The summed E-state index contributed by atoms with van der Waals surface area (Å²) in [5.41, 5.74) is 0. The molecule has 6 heavy (non-hydrogen) atoms. The van der Waals surface area contributed by atoms with Crippen molar-refractivity contribution in [2.24, 2.45) is 0 Å². The van der Waals surface area contributed by atoms with E-state index in [0.717, 1.165) is 6.42 Å². The normalized spacial score (nSPS) is 14.7. The van der Waals surface area contributed by atoms with Crippen molar-refractivity contribution < 1.29 is 0 Å². The molecular weight excluding hydrogens is 67.0 g/mol. The Morgan fingerprint density at radius 1 is 1.00 bits per heavy atom. The molecule has 1 rings (SSSR count). The van der Waals surface area contributed by atoms with Gasteiger partial charge in [-0.1, -0.05) is 24.3 Å². The van der Waals surface area contributed by atoms with E-state index in [1.165, 1.54) is 0 Å². The Hall–Kier alpha value is 0.0774. The van der Waals surface area contributed by atoms with Crippen LogP contribution in [0.3, 0.4) is 0 Å². The monoisotopic (exact) mass is 74.1 g/mol. The minimum atomic E-state index is 0. The number of hydrogen-bond acceptors (Lipinski definition) is 0. The van der Waals surface area contributed by atoms with Crippen LogP contribution in [0.2, 0.25) is 0 Å². The van der Waals surface area contributed by atoms with E-state index < -0.39 is 0 Å². The van der Waals surface area contributed by atoms with Crippen LogP contribution >= 0.6 is 0 Å². The van der Waals surface area contributed by atoms with Crippen molar-refractivity contribution in [1.82, 2.24) is 0 Å². The summed E-state index contributed by atoms with van der Waals surface area (Å²) in [6, 6.07) is 0. The van der Waals surface area contributed by atoms with Crippen LogP contribution in [0.4, 0.5) is 0 Å². The van der Waals surface area contributed by atoms with E-state index in [2.05, 4.69) is 24.3 Å². The van der Waals surface area contributed by atoms with Crippen LogP contribution < -0.4 is 0 Å². The molecule has 1 heteroatoms. The van der Waals surface area contributed by atoms with Gasteiger partial charge in [0.1, 0.15) is 0 Å². The molecule has 0 aromatic rings. The molecule has 0 spiro atoms. The van der Waals surface area contributed by atoms with Crippen molar-refractivity contribution in [3.8, 4) is 0 Å². The van der Waals surface area contributed by atoms with E-state index in [4.69, 9.17) is 0 Å². The summed E-state index contributed by atoms with van der Waals surface area (Å²) in [5.74, 6) is 0. The topological polar surface area (TPSA) is 0 Å². The molecule has 0 radical (unpaired) electrons. The molecular formula is C5H7Li. The maximum absolute atomic E-state index is 2.12. The van der Waals surface area contributed by atoms with Crippen LogP contribution in [0.1, 0.15) is 6.42 Å². The van der Waals surface area contributed by atoms with Gasteiger partial charge in [0.15, 0.2) is 0 Å². The molecule has 0 amide bonds. The average molecular weight is 74.1 g/mol. The molecule has 0 heterocycles. The van der Waals surface area contributed by atoms with Gasteiger partial charge in [-0.25, -0.2) is 0 Å². The summed E-state index contributed by atoms with van der Waals surface area (Å²) in [7, 11) is 0. The van der Waals surface area contributed by atoms with Crippen molar-refractivity contribution >= 4 is 18.9 Å². The second-order valence-corrected chi connectivity index (χ2v) is 1.09. The van der Waals surface area contributed by atoms with Gasteiger partial charge in [0, 0.05) is 0 Å². The first-order valence-corrected chi connectivity index (χ1v) is 1.82. The molecule has 0 aromatic carbocycles. The van der Waals surface area contributed by atoms with Gasteiger partial charge in [-0.2, -0.15) is 0 Å². The second kappa shape index (κ2) is 3.27. The molecule has 0 aromatic heterocycles. The van der Waals surface area contributed by atoms with Crippen LogP contribution in [0.15, 0.2) is 24.3 Å². The Bertz CT molecular complexity index is 62.0. The number of rotatable bonds is 0. The molecule has 0 atom stereocenters. The summed E-state index contributed by atoms with van der Waals surface area (Å²) < 4.78 is 0. The summed E-state index contributed by atoms with van der Waals surface area (Å²) in [6.07, 6.45) is 9.50. The van der Waals surface area contributed by atoms with Crippen LogP contribution in [0.5, 0.6) is 0 Å². The SMILES string of the molecule is C1=CCC=C1.[LiH]. The molecule has 1 aliphatic carbocycles. The predicted octanol–water partition coefficient (Wildman–Crippen LogP) is 0.854. The standard InChI is InChI=1S/C5H6.Li.H/c1-2-4-5-3-1;;/h1-4H,5H2;;. The van der Waals surface area contributed by atoms with Crippen LogP contribution in [-0.4, -0.2) is 18.9 Å². The van der Waals surface area contributed by atoms with Gasteiger partial charge in [0.25, 0.3) is 0 Å². The molecule has 0 saturated carbocycles. The third-order valence-corrected chi connectivity index (χ3v) is 0.655. The minimum absolute atomic E-state index is 0. The molecule has 0 saturated heterocycles. The van der Waals surface area contributed by atoms with Gasteiger partial charge in [-0.3, -0.25) is 0 Å². The van der Waals surface area contributed by atoms with Gasteiger partial charge in [0.2, 0.25) is 0 Å². The van der Waals surface area contributed by atoms with Gasteiger partial charge in [0.05, 0.1) is 0 Å². The molecule has 28 valence electrons. The molecule has 0 N–H and O–H groups in total. The zero-order chi connectivity index (χ0) is 3.54. The predicted molar refractivity (Wildman–Crippen MR) is 30.0 cm³/mol. The fraction of sp³-hybridized carbons (Fsp3) is 0.200. The molecule has 0 nitrogen and oxygen atoms in total. The van der Waals surface area contributed by atoms with Crippen LogP contribution in [0.25, 0.3) is 0 Å². The van der Waals surface area contributed by atoms with Crippen molar-refractivity contribution in [3.05, 3.63) is 24.3 Å². The van der Waals surface area contributed by atoms with E-state index in [-0.39, 0.29) is 18.9 Å². The molecule has 0 aliphatic heterocycles. The first-order valence-electron chi connectivity index (χ1n) is 1.82. The van der Waals surface area contributed by atoms with Crippen LogP contribution in [-0.2, 0) is 0 Å². The van der Waals surface area contributed by atoms with E-state index in [1.54, 1.807) is 0 Å². The summed E-state index contributed by atoms with van der Waals surface area (Å²) >= 11 is 0. The first-order chi connectivity index (χ1) is 2.50. The Morgan fingerprint density at radius 2 is 1.50 bits per heavy atom. The van der Waals surface area contributed by atoms with Gasteiger partial charge in [-0.05, 0) is 6.42 Å². The van der Waals surface area contributed by atoms with Gasteiger partial charge >= 0.3 is 18.9 Å². The summed E-state index contributed by atoms with van der Waals surface area (Å²) in [4.78, 5) is 0. The molecule has 0 fully saturated rings. The molecule has 0 bridgehead atoms. The fourth-order valence-corrected chi connectivity index (χ4v) is 0.393. The second-order valence-electron chi connectivity index (χ2n) is 1.09. The van der Waals surface area contributed by atoms with E-state index in [9.17, 15) is 0 Å². The van der Waals surface area contributed by atoms with E-state index in [0.29, 0.717) is 0 Å².